The van der Waals surface area contributed by atoms with Gasteiger partial charge in [-0.3, -0.25) is 9.78 Å². The summed E-state index contributed by atoms with van der Waals surface area (Å²) in [6.45, 7) is 3.10. The second kappa shape index (κ2) is 7.11. The van der Waals surface area contributed by atoms with Crippen LogP contribution in [-0.4, -0.2) is 35.0 Å². The van der Waals surface area contributed by atoms with Crippen molar-refractivity contribution in [2.24, 2.45) is 0 Å². The topological polar surface area (TPSA) is 83.6 Å². The molecule has 0 aliphatic carbocycles. The number of carbonyl (C=O) groups is 2. The molecule has 0 unspecified atom stereocenters. The van der Waals surface area contributed by atoms with Crippen LogP contribution in [0.15, 0.2) is 60.1 Å². The summed E-state index contributed by atoms with van der Waals surface area (Å²) in [4.78, 5) is 31.3. The monoisotopic (exact) mass is 364 g/mol. The molecule has 1 aromatic heterocycles. The summed E-state index contributed by atoms with van der Waals surface area (Å²) in [7, 11) is 0. The lowest BCUT2D eigenvalue weighted by Crippen LogP contribution is -2.48. The van der Waals surface area contributed by atoms with E-state index in [9.17, 15) is 9.59 Å². The third-order valence-electron chi connectivity index (χ3n) is 4.76. The molecule has 7 heteroatoms. The minimum atomic E-state index is -0.542. The number of nitrogens with zero attached hydrogens (tertiary/aromatic N) is 2. The molecule has 7 nitrogen and oxygen atoms in total. The zero-order valence-electron chi connectivity index (χ0n) is 14.9. The minimum Gasteiger partial charge on any atom is -0.491 e. The van der Waals surface area contributed by atoms with E-state index in [1.165, 1.54) is 0 Å². The van der Waals surface area contributed by atoms with Gasteiger partial charge in [0, 0.05) is 30.2 Å². The number of hydrogen-bond acceptors (Lipinski definition) is 4. The summed E-state index contributed by atoms with van der Waals surface area (Å²) < 4.78 is 5.77. The molecule has 0 spiro atoms. The highest BCUT2D eigenvalue weighted by Gasteiger charge is 2.34. The number of carbonyl (C=O) groups excluding carboxylic acids is 2. The first-order valence-corrected chi connectivity index (χ1v) is 8.81. The van der Waals surface area contributed by atoms with Crippen molar-refractivity contribution in [3.8, 4) is 5.75 Å². The van der Waals surface area contributed by atoms with Crippen molar-refractivity contribution in [1.29, 1.82) is 0 Å². The molecule has 2 N–H and O–H groups in total. The Morgan fingerprint density at radius 2 is 2.11 bits per heavy atom. The number of rotatable bonds is 2. The number of benzene rings is 1. The second-order valence-corrected chi connectivity index (χ2v) is 6.54. The summed E-state index contributed by atoms with van der Waals surface area (Å²) in [6.07, 6.45) is 3.32. The Balaban J connectivity index is 1.68. The van der Waals surface area contributed by atoms with Crippen LogP contribution in [0.1, 0.15) is 24.1 Å². The number of nitrogens with one attached hydrogen (secondary N) is 2. The summed E-state index contributed by atoms with van der Waals surface area (Å²) in [6, 6.07) is 10.5. The number of para-hydroxylation sites is 1. The number of ether oxygens (including phenoxy) is 1. The van der Waals surface area contributed by atoms with Gasteiger partial charge in [0.25, 0.3) is 5.91 Å². The number of fused-ring (bicyclic) bond motifs is 1. The Hall–Kier alpha value is -3.35. The van der Waals surface area contributed by atoms with E-state index in [-0.39, 0.29) is 11.9 Å². The van der Waals surface area contributed by atoms with Gasteiger partial charge in [-0.25, -0.2) is 4.79 Å². The van der Waals surface area contributed by atoms with Crippen LogP contribution in [0.2, 0.25) is 0 Å². The number of pyridine rings is 1. The first-order valence-electron chi connectivity index (χ1n) is 8.81. The zero-order valence-corrected chi connectivity index (χ0v) is 14.9. The second-order valence-electron chi connectivity index (χ2n) is 6.54. The summed E-state index contributed by atoms with van der Waals surface area (Å²) in [5, 5.41) is 5.56. The Morgan fingerprint density at radius 3 is 2.93 bits per heavy atom. The predicted molar refractivity (Wildman–Crippen MR) is 98.7 cm³/mol. The Kier molecular flexibility index (Phi) is 4.50. The van der Waals surface area contributed by atoms with Crippen LogP contribution in [-0.2, 0) is 11.3 Å². The third kappa shape index (κ3) is 3.36. The van der Waals surface area contributed by atoms with Crippen molar-refractivity contribution in [3.05, 3.63) is 71.2 Å². The highest BCUT2D eigenvalue weighted by molar-refractivity contribution is 5.98. The highest BCUT2D eigenvalue weighted by Crippen LogP contribution is 2.30. The highest BCUT2D eigenvalue weighted by atomic mass is 16.5. The summed E-state index contributed by atoms with van der Waals surface area (Å²) in [5.41, 5.74) is 2.80. The fraction of sp³-hybridized carbons (Fsp3) is 0.250. The molecule has 4 rings (SSSR count). The summed E-state index contributed by atoms with van der Waals surface area (Å²) >= 11 is 0. The standard InChI is InChI=1S/C20H20N4O3/c1-13-17(18(23-20(26)22-13)14-6-4-8-21-11-14)19(25)24-9-10-27-16-7-3-2-5-15(16)12-24/h2-8,11,18H,9-10,12H2,1H3,(H2,22,23,26)/t18-/m0/s1. The van der Waals surface area contributed by atoms with Gasteiger partial charge < -0.3 is 20.3 Å². The average Bonchev–Trinajstić information content (AvgIpc) is 2.90. The van der Waals surface area contributed by atoms with Crippen LogP contribution in [0.25, 0.3) is 0 Å². The van der Waals surface area contributed by atoms with Gasteiger partial charge in [-0.1, -0.05) is 24.3 Å². The first kappa shape index (κ1) is 17.1. The predicted octanol–water partition coefficient (Wildman–Crippen LogP) is 2.13. The summed E-state index contributed by atoms with van der Waals surface area (Å²) in [5.74, 6) is 0.673. The third-order valence-corrected chi connectivity index (χ3v) is 4.76. The first-order chi connectivity index (χ1) is 13.1. The van der Waals surface area contributed by atoms with E-state index in [4.69, 9.17) is 4.74 Å². The van der Waals surface area contributed by atoms with Gasteiger partial charge in [0.1, 0.15) is 12.4 Å². The molecule has 3 heterocycles. The maximum atomic E-state index is 13.4. The molecule has 2 aromatic rings. The molecule has 0 fully saturated rings. The molecule has 1 aromatic carbocycles. The van der Waals surface area contributed by atoms with Gasteiger partial charge in [0.05, 0.1) is 18.2 Å². The van der Waals surface area contributed by atoms with Crippen molar-refractivity contribution in [2.45, 2.75) is 19.5 Å². The lowest BCUT2D eigenvalue weighted by molar-refractivity contribution is -0.128. The molecule has 27 heavy (non-hydrogen) atoms. The number of urea groups is 1. The van der Waals surface area contributed by atoms with Crippen molar-refractivity contribution < 1.29 is 14.3 Å². The average molecular weight is 364 g/mol. The Bertz CT molecular complexity index is 910. The van der Waals surface area contributed by atoms with E-state index < -0.39 is 6.04 Å². The molecular formula is C20H20N4O3. The number of amides is 3. The molecule has 0 saturated carbocycles. The maximum absolute atomic E-state index is 13.4. The van der Waals surface area contributed by atoms with Crippen LogP contribution in [0.5, 0.6) is 5.75 Å². The lowest BCUT2D eigenvalue weighted by Gasteiger charge is -2.31. The molecule has 2 aliphatic heterocycles. The van der Waals surface area contributed by atoms with Crippen molar-refractivity contribution in [2.75, 3.05) is 13.2 Å². The molecule has 0 saturated heterocycles. The van der Waals surface area contributed by atoms with E-state index in [1.54, 1.807) is 30.3 Å². The van der Waals surface area contributed by atoms with Gasteiger partial charge in [-0.15, -0.1) is 0 Å². The van der Waals surface area contributed by atoms with Crippen LogP contribution < -0.4 is 15.4 Å². The van der Waals surface area contributed by atoms with Gasteiger partial charge in [-0.05, 0) is 24.6 Å². The molecule has 2 aliphatic rings. The van der Waals surface area contributed by atoms with Crippen LogP contribution in [0, 0.1) is 0 Å². The maximum Gasteiger partial charge on any atom is 0.319 e. The van der Waals surface area contributed by atoms with Gasteiger partial charge in [-0.2, -0.15) is 0 Å². The quantitative estimate of drug-likeness (QED) is 0.855. The smallest absolute Gasteiger partial charge is 0.319 e. The van der Waals surface area contributed by atoms with Crippen molar-refractivity contribution in [1.82, 2.24) is 20.5 Å². The molecule has 1 atom stereocenters. The SMILES string of the molecule is CC1=C(C(=O)N2CCOc3ccccc3C2)[C@H](c2cccnc2)NC(=O)N1. The van der Waals surface area contributed by atoms with Gasteiger partial charge in [0.15, 0.2) is 0 Å². The largest absolute Gasteiger partial charge is 0.491 e. The number of hydrogen-bond donors (Lipinski definition) is 2. The fourth-order valence-electron chi connectivity index (χ4n) is 3.44. The Labute approximate surface area is 157 Å². The number of aromatic nitrogens is 1. The van der Waals surface area contributed by atoms with E-state index in [0.717, 1.165) is 16.9 Å². The van der Waals surface area contributed by atoms with Crippen molar-refractivity contribution >= 4 is 11.9 Å². The van der Waals surface area contributed by atoms with Crippen molar-refractivity contribution in [3.63, 3.8) is 0 Å². The Morgan fingerprint density at radius 1 is 1.26 bits per heavy atom. The molecule has 0 bridgehead atoms. The van der Waals surface area contributed by atoms with E-state index in [0.29, 0.717) is 31.0 Å². The number of allylic oxidation sites excluding steroid dienone is 1. The van der Waals surface area contributed by atoms with Crippen LogP contribution in [0.4, 0.5) is 4.79 Å². The van der Waals surface area contributed by atoms with E-state index in [2.05, 4.69) is 15.6 Å². The van der Waals surface area contributed by atoms with Crippen LogP contribution in [0.3, 0.4) is 0 Å². The fourth-order valence-corrected chi connectivity index (χ4v) is 3.44. The van der Waals surface area contributed by atoms with E-state index in [1.807, 2.05) is 30.3 Å². The van der Waals surface area contributed by atoms with Gasteiger partial charge in [0.2, 0.25) is 0 Å². The molecule has 3 amide bonds. The van der Waals surface area contributed by atoms with Gasteiger partial charge >= 0.3 is 6.03 Å². The van der Waals surface area contributed by atoms with Crippen LogP contribution >= 0.6 is 0 Å². The molecule has 0 radical (unpaired) electrons. The molecular weight excluding hydrogens is 344 g/mol. The normalized spacial score (nSPS) is 19.4. The minimum absolute atomic E-state index is 0.130. The molecule has 138 valence electrons. The lowest BCUT2D eigenvalue weighted by atomic mass is 9.95. The zero-order chi connectivity index (χ0) is 18.8. The van der Waals surface area contributed by atoms with E-state index >= 15 is 0 Å².